The lowest BCUT2D eigenvalue weighted by atomic mass is 9.99. The highest BCUT2D eigenvalue weighted by Gasteiger charge is 2.25. The van der Waals surface area contributed by atoms with Crippen molar-refractivity contribution < 1.29 is 19.4 Å². The SMILES string of the molecule is CC(C)(C)OC(=O)N(CCc1ccc(-c2ccc(C=O)c(N3CCCCC3)c2)cc1)CC(O)c1cccc(Cl)c1. The first-order valence-corrected chi connectivity index (χ1v) is 14.4. The third-order valence-corrected chi connectivity index (χ3v) is 7.33. The molecule has 1 saturated heterocycles. The fourth-order valence-corrected chi connectivity index (χ4v) is 5.17. The summed E-state index contributed by atoms with van der Waals surface area (Å²) in [6.45, 7) is 7.91. The number of aldehydes is 1. The molecule has 7 heteroatoms. The minimum absolute atomic E-state index is 0.0930. The van der Waals surface area contributed by atoms with Crippen LogP contribution in [-0.2, 0) is 11.2 Å². The van der Waals surface area contributed by atoms with Gasteiger partial charge in [-0.3, -0.25) is 4.79 Å². The van der Waals surface area contributed by atoms with Crippen LogP contribution in [0, 0.1) is 0 Å². The number of halogens is 1. The van der Waals surface area contributed by atoms with E-state index in [1.54, 1.807) is 29.2 Å². The van der Waals surface area contributed by atoms with Gasteiger partial charge in [0.1, 0.15) is 5.60 Å². The van der Waals surface area contributed by atoms with Crippen LogP contribution in [0.2, 0.25) is 5.02 Å². The van der Waals surface area contributed by atoms with Crippen molar-refractivity contribution in [1.82, 2.24) is 4.90 Å². The Balaban J connectivity index is 1.46. The summed E-state index contributed by atoms with van der Waals surface area (Å²) in [5.41, 5.74) is 4.93. The maximum Gasteiger partial charge on any atom is 0.410 e. The number of carbonyl (C=O) groups is 2. The van der Waals surface area contributed by atoms with Crippen LogP contribution >= 0.6 is 11.6 Å². The number of hydrogen-bond acceptors (Lipinski definition) is 5. The highest BCUT2D eigenvalue weighted by atomic mass is 35.5. The smallest absolute Gasteiger partial charge is 0.410 e. The Kier molecular flexibility index (Phi) is 9.88. The molecule has 0 aliphatic carbocycles. The van der Waals surface area contributed by atoms with Crippen LogP contribution in [0.4, 0.5) is 10.5 Å². The zero-order chi connectivity index (χ0) is 28.7. The second-order valence-electron chi connectivity index (χ2n) is 11.4. The Morgan fingerprint density at radius 1 is 1.02 bits per heavy atom. The summed E-state index contributed by atoms with van der Waals surface area (Å²) in [6.07, 6.45) is 3.71. The highest BCUT2D eigenvalue weighted by Crippen LogP contribution is 2.30. The van der Waals surface area contributed by atoms with Gasteiger partial charge in [0.2, 0.25) is 0 Å². The molecule has 0 radical (unpaired) electrons. The van der Waals surface area contributed by atoms with E-state index in [0.29, 0.717) is 23.6 Å². The number of amides is 1. The minimum atomic E-state index is -0.892. The predicted molar refractivity (Wildman–Crippen MR) is 161 cm³/mol. The average Bonchev–Trinajstić information content (AvgIpc) is 2.94. The summed E-state index contributed by atoms with van der Waals surface area (Å²) >= 11 is 6.10. The van der Waals surface area contributed by atoms with Gasteiger partial charge in [-0.15, -0.1) is 0 Å². The number of carbonyl (C=O) groups excluding carboxylic acids is 2. The third-order valence-electron chi connectivity index (χ3n) is 7.09. The van der Waals surface area contributed by atoms with Crippen LogP contribution < -0.4 is 4.90 Å². The van der Waals surface area contributed by atoms with Crippen molar-refractivity contribution in [3.63, 3.8) is 0 Å². The van der Waals surface area contributed by atoms with Gasteiger partial charge >= 0.3 is 6.09 Å². The van der Waals surface area contributed by atoms with Crippen LogP contribution in [0.25, 0.3) is 11.1 Å². The molecule has 1 unspecified atom stereocenters. The number of piperidine rings is 1. The van der Waals surface area contributed by atoms with Crippen molar-refractivity contribution in [3.05, 3.63) is 88.4 Å². The molecular formula is C33H39ClN2O4. The maximum atomic E-state index is 13.0. The van der Waals surface area contributed by atoms with Crippen LogP contribution in [-0.4, -0.2) is 54.2 Å². The molecule has 212 valence electrons. The fourth-order valence-electron chi connectivity index (χ4n) is 4.97. The summed E-state index contributed by atoms with van der Waals surface area (Å²) < 4.78 is 5.63. The quantitative estimate of drug-likeness (QED) is 0.277. The zero-order valence-electron chi connectivity index (χ0n) is 23.6. The normalized spacial score (nSPS) is 14.5. The van der Waals surface area contributed by atoms with Crippen molar-refractivity contribution in [1.29, 1.82) is 0 Å². The van der Waals surface area contributed by atoms with Crippen molar-refractivity contribution in [2.24, 2.45) is 0 Å². The molecule has 3 aromatic rings. The summed E-state index contributed by atoms with van der Waals surface area (Å²) in [7, 11) is 0. The summed E-state index contributed by atoms with van der Waals surface area (Å²) in [5, 5.41) is 11.4. The Bertz CT molecular complexity index is 1300. The molecule has 6 nitrogen and oxygen atoms in total. The number of hydrogen-bond donors (Lipinski definition) is 1. The molecular weight excluding hydrogens is 524 g/mol. The first-order chi connectivity index (χ1) is 19.1. The van der Waals surface area contributed by atoms with Gasteiger partial charge in [-0.2, -0.15) is 0 Å². The van der Waals surface area contributed by atoms with Gasteiger partial charge in [0.15, 0.2) is 6.29 Å². The van der Waals surface area contributed by atoms with Gasteiger partial charge < -0.3 is 19.6 Å². The molecule has 1 heterocycles. The monoisotopic (exact) mass is 562 g/mol. The van der Waals surface area contributed by atoms with Gasteiger partial charge in [0, 0.05) is 35.9 Å². The molecule has 1 N–H and O–H groups in total. The number of ether oxygens (including phenoxy) is 1. The van der Waals surface area contributed by atoms with E-state index in [4.69, 9.17) is 16.3 Å². The Morgan fingerprint density at radius 3 is 2.38 bits per heavy atom. The summed E-state index contributed by atoms with van der Waals surface area (Å²) in [6, 6.07) is 21.3. The van der Waals surface area contributed by atoms with Crippen molar-refractivity contribution >= 4 is 29.7 Å². The van der Waals surface area contributed by atoms with Gasteiger partial charge in [0.05, 0.1) is 12.6 Å². The Morgan fingerprint density at radius 2 is 1.73 bits per heavy atom. The lowest BCUT2D eigenvalue weighted by Crippen LogP contribution is -2.40. The Hall–Kier alpha value is -3.35. The molecule has 4 rings (SSSR count). The molecule has 0 aromatic heterocycles. The van der Waals surface area contributed by atoms with E-state index in [0.717, 1.165) is 60.2 Å². The van der Waals surface area contributed by atoms with E-state index < -0.39 is 17.8 Å². The second kappa shape index (κ2) is 13.3. The molecule has 1 aliphatic rings. The van der Waals surface area contributed by atoms with E-state index in [9.17, 15) is 14.7 Å². The number of aliphatic hydroxyl groups excluding tert-OH is 1. The van der Waals surface area contributed by atoms with Crippen molar-refractivity contribution in [3.8, 4) is 11.1 Å². The van der Waals surface area contributed by atoms with E-state index in [1.807, 2.05) is 32.9 Å². The van der Waals surface area contributed by atoms with Crippen molar-refractivity contribution in [2.75, 3.05) is 31.1 Å². The largest absolute Gasteiger partial charge is 0.444 e. The zero-order valence-corrected chi connectivity index (χ0v) is 24.4. The molecule has 1 amide bonds. The lowest BCUT2D eigenvalue weighted by Gasteiger charge is -2.30. The van der Waals surface area contributed by atoms with E-state index >= 15 is 0 Å². The molecule has 1 aliphatic heterocycles. The third kappa shape index (κ3) is 8.09. The van der Waals surface area contributed by atoms with Crippen LogP contribution in [0.5, 0.6) is 0 Å². The van der Waals surface area contributed by atoms with Gasteiger partial charge in [-0.1, -0.05) is 54.1 Å². The molecule has 1 atom stereocenters. The number of benzene rings is 3. The molecule has 0 bridgehead atoms. The molecule has 40 heavy (non-hydrogen) atoms. The number of anilines is 1. The minimum Gasteiger partial charge on any atom is -0.444 e. The van der Waals surface area contributed by atoms with Gasteiger partial charge in [-0.25, -0.2) is 4.79 Å². The average molecular weight is 563 g/mol. The predicted octanol–water partition coefficient (Wildman–Crippen LogP) is 7.32. The molecule has 1 fully saturated rings. The second-order valence-corrected chi connectivity index (χ2v) is 11.8. The van der Waals surface area contributed by atoms with Crippen molar-refractivity contribution in [2.45, 2.75) is 58.2 Å². The lowest BCUT2D eigenvalue weighted by molar-refractivity contribution is 0.0147. The van der Waals surface area contributed by atoms with E-state index in [1.165, 1.54) is 6.42 Å². The molecule has 3 aromatic carbocycles. The molecule has 0 saturated carbocycles. The molecule has 0 spiro atoms. The Labute approximate surface area is 242 Å². The highest BCUT2D eigenvalue weighted by molar-refractivity contribution is 6.30. The van der Waals surface area contributed by atoms with Crippen LogP contribution in [0.1, 0.15) is 67.6 Å². The van der Waals surface area contributed by atoms with Gasteiger partial charge in [0.25, 0.3) is 0 Å². The standard InChI is InChI=1S/C33H39ClN2O4/c1-33(2,3)40-32(39)36(22-31(38)27-8-7-9-29(34)20-27)19-16-24-10-12-25(13-11-24)26-14-15-28(23-37)30(21-26)35-17-5-4-6-18-35/h7-15,20-21,23,31,38H,4-6,16-19,22H2,1-3H3. The van der Waals surface area contributed by atoms with Gasteiger partial charge in [-0.05, 0) is 93.0 Å². The van der Waals surface area contributed by atoms with E-state index in [2.05, 4.69) is 35.2 Å². The first-order valence-electron chi connectivity index (χ1n) is 14.0. The number of rotatable bonds is 9. The maximum absolute atomic E-state index is 13.0. The van der Waals surface area contributed by atoms with Crippen LogP contribution in [0.15, 0.2) is 66.7 Å². The summed E-state index contributed by atoms with van der Waals surface area (Å²) in [4.78, 5) is 28.6. The number of nitrogens with zero attached hydrogens (tertiary/aromatic N) is 2. The first kappa shape index (κ1) is 29.6. The van der Waals surface area contributed by atoms with Crippen LogP contribution in [0.3, 0.4) is 0 Å². The topological polar surface area (TPSA) is 70.1 Å². The fraction of sp³-hybridized carbons (Fsp3) is 0.394. The number of aliphatic hydroxyl groups is 1. The summed E-state index contributed by atoms with van der Waals surface area (Å²) in [5.74, 6) is 0. The van der Waals surface area contributed by atoms with E-state index in [-0.39, 0.29) is 6.54 Å².